The standard InChI is InChI=1S/C10H9F3N4O/c1-14-4-7(18)6-3-15-9-2-8(10(11,12)13)16-17(9)5-6/h2-3,5,14H,4H2,1H3. The van der Waals surface area contributed by atoms with E-state index in [2.05, 4.69) is 15.4 Å². The normalized spacial score (nSPS) is 12.0. The van der Waals surface area contributed by atoms with Crippen molar-refractivity contribution in [1.82, 2.24) is 19.9 Å². The van der Waals surface area contributed by atoms with Gasteiger partial charge in [-0.05, 0) is 7.05 Å². The number of nitrogens with zero attached hydrogens (tertiary/aromatic N) is 3. The zero-order valence-corrected chi connectivity index (χ0v) is 9.32. The molecule has 2 rings (SSSR count). The summed E-state index contributed by atoms with van der Waals surface area (Å²) in [6, 6.07) is 0.826. The highest BCUT2D eigenvalue weighted by Gasteiger charge is 2.34. The summed E-state index contributed by atoms with van der Waals surface area (Å²) < 4.78 is 38.2. The average Bonchev–Trinajstić information content (AvgIpc) is 2.71. The number of ketones is 1. The van der Waals surface area contributed by atoms with Crippen LogP contribution in [0.1, 0.15) is 16.1 Å². The van der Waals surface area contributed by atoms with Crippen LogP contribution in [0.15, 0.2) is 18.5 Å². The summed E-state index contributed by atoms with van der Waals surface area (Å²) in [7, 11) is 1.60. The Morgan fingerprint density at radius 1 is 1.50 bits per heavy atom. The largest absolute Gasteiger partial charge is 0.435 e. The summed E-state index contributed by atoms with van der Waals surface area (Å²) in [4.78, 5) is 15.3. The first-order chi connectivity index (χ1) is 8.41. The molecule has 0 aliphatic heterocycles. The number of likely N-dealkylation sites (N-methyl/N-ethyl adjacent to an activating group) is 1. The van der Waals surface area contributed by atoms with Crippen LogP contribution in [0.4, 0.5) is 13.2 Å². The second-order valence-corrected chi connectivity index (χ2v) is 3.63. The highest BCUT2D eigenvalue weighted by atomic mass is 19.4. The van der Waals surface area contributed by atoms with E-state index >= 15 is 0 Å². The number of rotatable bonds is 3. The van der Waals surface area contributed by atoms with E-state index in [4.69, 9.17) is 0 Å². The molecule has 8 heteroatoms. The van der Waals surface area contributed by atoms with Gasteiger partial charge in [0.1, 0.15) is 0 Å². The lowest BCUT2D eigenvalue weighted by Crippen LogP contribution is -2.19. The molecular weight excluding hydrogens is 249 g/mol. The molecule has 2 aromatic rings. The number of carbonyl (C=O) groups is 1. The minimum atomic E-state index is -4.52. The van der Waals surface area contributed by atoms with Crippen LogP contribution in [0.5, 0.6) is 0 Å². The van der Waals surface area contributed by atoms with Gasteiger partial charge in [-0.2, -0.15) is 18.3 Å². The molecule has 18 heavy (non-hydrogen) atoms. The number of carbonyl (C=O) groups excluding carboxylic acids is 1. The van der Waals surface area contributed by atoms with Crippen LogP contribution in [-0.4, -0.2) is 34.0 Å². The summed E-state index contributed by atoms with van der Waals surface area (Å²) >= 11 is 0. The van der Waals surface area contributed by atoms with Crippen molar-refractivity contribution in [2.24, 2.45) is 0 Å². The van der Waals surface area contributed by atoms with Gasteiger partial charge >= 0.3 is 6.18 Å². The number of nitrogens with one attached hydrogen (secondary N) is 1. The monoisotopic (exact) mass is 258 g/mol. The third-order valence-corrected chi connectivity index (χ3v) is 2.26. The van der Waals surface area contributed by atoms with Crippen LogP contribution in [0.3, 0.4) is 0 Å². The Balaban J connectivity index is 2.43. The fourth-order valence-corrected chi connectivity index (χ4v) is 1.42. The molecule has 0 saturated heterocycles. The van der Waals surface area contributed by atoms with Crippen LogP contribution in [0, 0.1) is 0 Å². The van der Waals surface area contributed by atoms with Crippen LogP contribution in [0.2, 0.25) is 0 Å². The first kappa shape index (κ1) is 12.5. The van der Waals surface area contributed by atoms with E-state index in [1.807, 2.05) is 0 Å². The van der Waals surface area contributed by atoms with Gasteiger partial charge < -0.3 is 5.32 Å². The molecule has 0 aliphatic rings. The molecule has 0 aromatic carbocycles. The Kier molecular flexibility index (Phi) is 3.04. The Morgan fingerprint density at radius 3 is 2.83 bits per heavy atom. The predicted octanol–water partition coefficient (Wildman–Crippen LogP) is 1.15. The lowest BCUT2D eigenvalue weighted by atomic mass is 10.2. The zero-order chi connectivity index (χ0) is 13.3. The third-order valence-electron chi connectivity index (χ3n) is 2.26. The second-order valence-electron chi connectivity index (χ2n) is 3.63. The molecule has 5 nitrogen and oxygen atoms in total. The number of alkyl halides is 3. The highest BCUT2D eigenvalue weighted by molar-refractivity contribution is 5.97. The molecule has 0 radical (unpaired) electrons. The van der Waals surface area contributed by atoms with Gasteiger partial charge in [0.15, 0.2) is 17.1 Å². The van der Waals surface area contributed by atoms with Crippen LogP contribution >= 0.6 is 0 Å². The molecule has 96 valence electrons. The van der Waals surface area contributed by atoms with Gasteiger partial charge in [-0.1, -0.05) is 0 Å². The van der Waals surface area contributed by atoms with Gasteiger partial charge in [-0.15, -0.1) is 0 Å². The van der Waals surface area contributed by atoms with E-state index in [1.54, 1.807) is 7.05 Å². The van der Waals surface area contributed by atoms with Crippen molar-refractivity contribution in [3.8, 4) is 0 Å². The number of hydrogen-bond acceptors (Lipinski definition) is 4. The van der Waals surface area contributed by atoms with E-state index in [1.165, 1.54) is 12.4 Å². The van der Waals surface area contributed by atoms with E-state index < -0.39 is 11.9 Å². The van der Waals surface area contributed by atoms with Crippen molar-refractivity contribution in [2.75, 3.05) is 13.6 Å². The topological polar surface area (TPSA) is 59.3 Å². The Morgan fingerprint density at radius 2 is 2.22 bits per heavy atom. The molecule has 0 fully saturated rings. The van der Waals surface area contributed by atoms with E-state index in [0.717, 1.165) is 10.6 Å². The van der Waals surface area contributed by atoms with Gasteiger partial charge in [-0.25, -0.2) is 9.50 Å². The van der Waals surface area contributed by atoms with E-state index in [-0.39, 0.29) is 23.5 Å². The zero-order valence-electron chi connectivity index (χ0n) is 9.32. The maximum absolute atomic E-state index is 12.4. The van der Waals surface area contributed by atoms with Crippen molar-refractivity contribution in [1.29, 1.82) is 0 Å². The van der Waals surface area contributed by atoms with E-state index in [9.17, 15) is 18.0 Å². The molecule has 0 spiro atoms. The van der Waals surface area contributed by atoms with Crippen LogP contribution in [-0.2, 0) is 6.18 Å². The smallest absolute Gasteiger partial charge is 0.313 e. The van der Waals surface area contributed by atoms with Gasteiger partial charge in [0, 0.05) is 18.5 Å². The van der Waals surface area contributed by atoms with E-state index in [0.29, 0.717) is 0 Å². The van der Waals surface area contributed by atoms with Crippen molar-refractivity contribution in [3.63, 3.8) is 0 Å². The molecule has 0 aliphatic carbocycles. The van der Waals surface area contributed by atoms with Crippen molar-refractivity contribution >= 4 is 11.4 Å². The Bertz CT molecular complexity index is 590. The number of hydrogen-bond donors (Lipinski definition) is 1. The molecular formula is C10H9F3N4O. The fraction of sp³-hybridized carbons (Fsp3) is 0.300. The van der Waals surface area contributed by atoms with Gasteiger partial charge in [0.05, 0.1) is 12.1 Å². The lowest BCUT2D eigenvalue weighted by Gasteiger charge is -2.00. The second kappa shape index (κ2) is 4.37. The molecule has 2 heterocycles. The minimum Gasteiger partial charge on any atom is -0.313 e. The molecule has 0 atom stereocenters. The summed E-state index contributed by atoms with van der Waals surface area (Å²) in [6.07, 6.45) is -2.06. The van der Waals surface area contributed by atoms with Gasteiger partial charge in [-0.3, -0.25) is 4.79 Å². The summed E-state index contributed by atoms with van der Waals surface area (Å²) in [5.41, 5.74) is -0.787. The van der Waals surface area contributed by atoms with Crippen LogP contribution in [0.25, 0.3) is 5.65 Å². The SMILES string of the molecule is CNCC(=O)c1cnc2cc(C(F)(F)F)nn2c1. The fourth-order valence-electron chi connectivity index (χ4n) is 1.42. The van der Waals surface area contributed by atoms with Crippen molar-refractivity contribution in [3.05, 3.63) is 29.7 Å². The lowest BCUT2D eigenvalue weighted by molar-refractivity contribution is -0.141. The maximum atomic E-state index is 12.4. The average molecular weight is 258 g/mol. The van der Waals surface area contributed by atoms with Gasteiger partial charge in [0.2, 0.25) is 0 Å². The number of fused-ring (bicyclic) bond motifs is 1. The van der Waals surface area contributed by atoms with Crippen LogP contribution < -0.4 is 5.32 Å². The molecule has 0 saturated carbocycles. The van der Waals surface area contributed by atoms with Crippen molar-refractivity contribution in [2.45, 2.75) is 6.18 Å². The van der Waals surface area contributed by atoms with Crippen molar-refractivity contribution < 1.29 is 18.0 Å². The summed E-state index contributed by atoms with van der Waals surface area (Å²) in [5.74, 6) is -0.268. The Labute approximate surface area is 99.6 Å². The quantitative estimate of drug-likeness (QED) is 0.839. The molecule has 0 bridgehead atoms. The summed E-state index contributed by atoms with van der Waals surface area (Å²) in [6.45, 7) is 0.0839. The molecule has 0 amide bonds. The first-order valence-corrected chi connectivity index (χ1v) is 5.02. The Hall–Kier alpha value is -1.96. The first-order valence-electron chi connectivity index (χ1n) is 5.02. The third kappa shape index (κ3) is 2.33. The number of halogens is 3. The maximum Gasteiger partial charge on any atom is 0.435 e. The summed E-state index contributed by atoms with van der Waals surface area (Å²) in [5, 5.41) is 6.00. The molecule has 1 N–H and O–H groups in total. The minimum absolute atomic E-state index is 0.0448. The number of aromatic nitrogens is 3. The number of Topliss-reactive ketones (excluding diaryl/α,β-unsaturated/α-hetero) is 1. The molecule has 0 unspecified atom stereocenters. The predicted molar refractivity (Wildman–Crippen MR) is 56.2 cm³/mol. The molecule has 2 aromatic heterocycles. The van der Waals surface area contributed by atoms with Gasteiger partial charge in [0.25, 0.3) is 0 Å². The highest BCUT2D eigenvalue weighted by Crippen LogP contribution is 2.28.